The van der Waals surface area contributed by atoms with E-state index in [1.807, 2.05) is 0 Å². The van der Waals surface area contributed by atoms with Crippen LogP contribution >= 0.6 is 7.82 Å². The number of phosphoric ester groups is 1. The fraction of sp³-hybridized carbons (Fsp3) is 0.750. The van der Waals surface area contributed by atoms with Crippen molar-refractivity contribution >= 4 is 19.8 Å². The zero-order valence-corrected chi connectivity index (χ0v) is 32.0. The first-order chi connectivity index (χ1) is 23.8. The molecule has 0 amide bonds. The first-order valence-electron chi connectivity index (χ1n) is 19.4. The topological polar surface area (TPSA) is 119 Å². The molecule has 1 unspecified atom stereocenters. The maximum atomic E-state index is 12.4. The van der Waals surface area contributed by atoms with Crippen molar-refractivity contribution in [3.8, 4) is 0 Å². The summed E-state index contributed by atoms with van der Waals surface area (Å²) in [5, 5.41) is 0. The molecular weight excluding hydrogens is 639 g/mol. The predicted molar refractivity (Wildman–Crippen MR) is 202 cm³/mol. The van der Waals surface area contributed by atoms with E-state index in [2.05, 4.69) is 67.0 Å². The SMILES string of the molecule is CCCC/C=C\C/C=C\CCCCCCCC(=O)OCC(COP(=O)(O)O)OC(=O)CCCCCCCCC/C=C\C/C=C\CCCCC. The quantitative estimate of drug-likeness (QED) is 0.0289. The molecule has 0 aliphatic carbocycles. The summed E-state index contributed by atoms with van der Waals surface area (Å²) in [6.07, 6.45) is 42.5. The van der Waals surface area contributed by atoms with Crippen molar-refractivity contribution in [3.63, 3.8) is 0 Å². The molecule has 0 aromatic heterocycles. The van der Waals surface area contributed by atoms with Gasteiger partial charge in [0.25, 0.3) is 0 Å². The highest BCUT2D eigenvalue weighted by molar-refractivity contribution is 7.46. The van der Waals surface area contributed by atoms with Gasteiger partial charge in [-0.2, -0.15) is 0 Å². The van der Waals surface area contributed by atoms with Crippen LogP contribution in [0.5, 0.6) is 0 Å². The molecule has 2 N–H and O–H groups in total. The van der Waals surface area contributed by atoms with Gasteiger partial charge in [0, 0.05) is 12.8 Å². The highest BCUT2D eigenvalue weighted by Gasteiger charge is 2.22. The second-order valence-electron chi connectivity index (χ2n) is 12.9. The lowest BCUT2D eigenvalue weighted by Gasteiger charge is -2.18. The average Bonchev–Trinajstić information content (AvgIpc) is 3.07. The van der Waals surface area contributed by atoms with Gasteiger partial charge in [0.2, 0.25) is 0 Å². The Bertz CT molecular complexity index is 937. The average molecular weight is 711 g/mol. The zero-order chi connectivity index (χ0) is 36.1. The molecule has 0 aromatic rings. The minimum absolute atomic E-state index is 0.199. The Morgan fingerprint density at radius 2 is 0.939 bits per heavy atom. The van der Waals surface area contributed by atoms with Crippen LogP contribution in [0, 0.1) is 0 Å². The maximum absolute atomic E-state index is 12.4. The number of unbranched alkanes of at least 4 members (excludes halogenated alkanes) is 17. The van der Waals surface area contributed by atoms with Gasteiger partial charge >= 0.3 is 19.8 Å². The van der Waals surface area contributed by atoms with Gasteiger partial charge in [-0.05, 0) is 70.6 Å². The second-order valence-corrected chi connectivity index (χ2v) is 14.1. The summed E-state index contributed by atoms with van der Waals surface area (Å²) >= 11 is 0. The molecular formula is C40H71O8P. The first-order valence-corrected chi connectivity index (χ1v) is 21.0. The highest BCUT2D eigenvalue weighted by atomic mass is 31.2. The number of allylic oxidation sites excluding steroid dienone is 8. The Morgan fingerprint density at radius 1 is 0.531 bits per heavy atom. The number of hydrogen-bond acceptors (Lipinski definition) is 6. The number of carbonyl (C=O) groups is 2. The highest BCUT2D eigenvalue weighted by Crippen LogP contribution is 2.36. The molecule has 0 aliphatic rings. The fourth-order valence-electron chi connectivity index (χ4n) is 5.12. The molecule has 0 radical (unpaired) electrons. The van der Waals surface area contributed by atoms with Gasteiger partial charge in [0.05, 0.1) is 6.61 Å². The van der Waals surface area contributed by atoms with E-state index < -0.39 is 32.5 Å². The smallest absolute Gasteiger partial charge is 0.462 e. The molecule has 0 spiro atoms. The lowest BCUT2D eigenvalue weighted by molar-refractivity contribution is -0.161. The van der Waals surface area contributed by atoms with Gasteiger partial charge < -0.3 is 19.3 Å². The Labute approximate surface area is 299 Å². The summed E-state index contributed by atoms with van der Waals surface area (Å²) in [7, 11) is -4.76. The third kappa shape index (κ3) is 38.7. The molecule has 284 valence electrons. The van der Waals surface area contributed by atoms with Crippen LogP contribution in [0.3, 0.4) is 0 Å². The lowest BCUT2D eigenvalue weighted by atomic mass is 10.1. The normalized spacial score (nSPS) is 13.0. The van der Waals surface area contributed by atoms with Crippen LogP contribution in [-0.2, 0) is 28.2 Å². The summed E-state index contributed by atoms with van der Waals surface area (Å²) < 4.78 is 26.3. The zero-order valence-electron chi connectivity index (χ0n) is 31.1. The molecule has 0 aromatic carbocycles. The van der Waals surface area contributed by atoms with Crippen molar-refractivity contribution in [2.45, 2.75) is 180 Å². The van der Waals surface area contributed by atoms with Gasteiger partial charge in [-0.15, -0.1) is 0 Å². The van der Waals surface area contributed by atoms with Crippen LogP contribution in [0.15, 0.2) is 48.6 Å². The fourth-order valence-corrected chi connectivity index (χ4v) is 5.48. The third-order valence-electron chi connectivity index (χ3n) is 8.07. The van der Waals surface area contributed by atoms with E-state index in [0.717, 1.165) is 77.0 Å². The van der Waals surface area contributed by atoms with Crippen molar-refractivity contribution in [3.05, 3.63) is 48.6 Å². The maximum Gasteiger partial charge on any atom is 0.469 e. The molecule has 0 aliphatic heterocycles. The molecule has 0 saturated heterocycles. The molecule has 1 atom stereocenters. The molecule has 49 heavy (non-hydrogen) atoms. The number of hydrogen-bond donors (Lipinski definition) is 2. The minimum Gasteiger partial charge on any atom is -0.462 e. The molecule has 0 rings (SSSR count). The van der Waals surface area contributed by atoms with E-state index in [-0.39, 0.29) is 19.4 Å². The molecule has 0 saturated carbocycles. The molecule has 0 heterocycles. The molecule has 0 bridgehead atoms. The standard InChI is InChI=1S/C40H71O8P/c1-3-5-7-9-11-13-15-17-19-20-21-23-25-27-29-31-33-35-40(42)48-38(37-47-49(43,44)45)36-46-39(41)34-32-30-28-26-24-22-18-16-14-12-10-8-6-4-2/h10-13,16-19,38H,3-9,14-15,20-37H2,1-2H3,(H2,43,44,45)/b12-10-,13-11-,18-16-,19-17-. The van der Waals surface area contributed by atoms with Gasteiger partial charge in [0.1, 0.15) is 6.61 Å². The minimum atomic E-state index is -4.76. The summed E-state index contributed by atoms with van der Waals surface area (Å²) in [6.45, 7) is 3.59. The summed E-state index contributed by atoms with van der Waals surface area (Å²) in [4.78, 5) is 42.7. The van der Waals surface area contributed by atoms with Crippen LogP contribution in [0.2, 0.25) is 0 Å². The van der Waals surface area contributed by atoms with Crippen LogP contribution in [0.4, 0.5) is 0 Å². The monoisotopic (exact) mass is 710 g/mol. The second kappa shape index (κ2) is 35.8. The van der Waals surface area contributed by atoms with E-state index in [9.17, 15) is 14.2 Å². The molecule has 0 fully saturated rings. The molecule has 9 heteroatoms. The van der Waals surface area contributed by atoms with Crippen molar-refractivity contribution in [1.29, 1.82) is 0 Å². The largest absolute Gasteiger partial charge is 0.469 e. The van der Waals surface area contributed by atoms with Gasteiger partial charge in [-0.25, -0.2) is 4.57 Å². The van der Waals surface area contributed by atoms with E-state index >= 15 is 0 Å². The Balaban J connectivity index is 3.99. The Hall–Kier alpha value is -1.99. The van der Waals surface area contributed by atoms with Crippen molar-refractivity contribution in [2.75, 3.05) is 13.2 Å². The first kappa shape index (κ1) is 47.0. The number of ether oxygens (including phenoxy) is 2. The van der Waals surface area contributed by atoms with Gasteiger partial charge in [0.15, 0.2) is 6.10 Å². The van der Waals surface area contributed by atoms with Gasteiger partial charge in [-0.1, -0.05) is 140 Å². The van der Waals surface area contributed by atoms with Crippen molar-refractivity contribution in [1.82, 2.24) is 0 Å². The van der Waals surface area contributed by atoms with E-state index in [1.165, 1.54) is 57.8 Å². The van der Waals surface area contributed by atoms with Gasteiger partial charge in [-0.3, -0.25) is 14.1 Å². The lowest BCUT2D eigenvalue weighted by Crippen LogP contribution is -2.29. The van der Waals surface area contributed by atoms with E-state index in [0.29, 0.717) is 12.8 Å². The van der Waals surface area contributed by atoms with Crippen LogP contribution in [0.25, 0.3) is 0 Å². The van der Waals surface area contributed by atoms with Crippen LogP contribution in [-0.4, -0.2) is 41.0 Å². The van der Waals surface area contributed by atoms with E-state index in [4.69, 9.17) is 19.3 Å². The Kier molecular flexibility index (Phi) is 34.4. The number of carbonyl (C=O) groups excluding carboxylic acids is 2. The number of rotatable bonds is 35. The van der Waals surface area contributed by atoms with Crippen molar-refractivity contribution < 1.29 is 37.9 Å². The van der Waals surface area contributed by atoms with Crippen molar-refractivity contribution in [2.24, 2.45) is 0 Å². The predicted octanol–water partition coefficient (Wildman–Crippen LogP) is 11.6. The van der Waals surface area contributed by atoms with Crippen LogP contribution in [0.1, 0.15) is 174 Å². The summed E-state index contributed by atoms with van der Waals surface area (Å²) in [5.41, 5.74) is 0. The third-order valence-corrected chi connectivity index (χ3v) is 8.56. The summed E-state index contributed by atoms with van der Waals surface area (Å²) in [6, 6.07) is 0. The number of phosphoric acid groups is 1. The summed E-state index contributed by atoms with van der Waals surface area (Å²) in [5.74, 6) is -0.912. The van der Waals surface area contributed by atoms with Crippen LogP contribution < -0.4 is 0 Å². The Morgan fingerprint density at radius 3 is 1.41 bits per heavy atom. The van der Waals surface area contributed by atoms with E-state index in [1.54, 1.807) is 0 Å². The molecule has 8 nitrogen and oxygen atoms in total. The number of esters is 2.